The SMILES string of the molecule is Cc1sc(N/N=C/c2ccc3c(c2)OCO3)nc1-c1ccccc1. The fourth-order valence-electron chi connectivity index (χ4n) is 2.46. The summed E-state index contributed by atoms with van der Waals surface area (Å²) in [6.07, 6.45) is 1.74. The minimum absolute atomic E-state index is 0.273. The molecule has 1 aliphatic heterocycles. The molecule has 0 saturated carbocycles. The Bertz CT molecular complexity index is 891. The smallest absolute Gasteiger partial charge is 0.231 e. The van der Waals surface area contributed by atoms with E-state index in [-0.39, 0.29) is 6.79 Å². The van der Waals surface area contributed by atoms with Crippen molar-refractivity contribution in [2.75, 3.05) is 12.2 Å². The molecule has 0 amide bonds. The second-order valence-corrected chi connectivity index (χ2v) is 6.48. The number of nitrogens with one attached hydrogen (secondary N) is 1. The normalized spacial score (nSPS) is 12.7. The molecule has 0 spiro atoms. The van der Waals surface area contributed by atoms with E-state index in [0.29, 0.717) is 0 Å². The van der Waals surface area contributed by atoms with Crippen molar-refractivity contribution in [3.05, 3.63) is 59.0 Å². The lowest BCUT2D eigenvalue weighted by atomic mass is 10.1. The Morgan fingerprint density at radius 1 is 1.12 bits per heavy atom. The Labute approximate surface area is 143 Å². The van der Waals surface area contributed by atoms with E-state index in [4.69, 9.17) is 9.47 Å². The number of anilines is 1. The van der Waals surface area contributed by atoms with Crippen LogP contribution in [0.15, 0.2) is 53.6 Å². The zero-order chi connectivity index (χ0) is 16.4. The van der Waals surface area contributed by atoms with Crippen LogP contribution < -0.4 is 14.9 Å². The van der Waals surface area contributed by atoms with Gasteiger partial charge in [0.05, 0.1) is 11.9 Å². The highest BCUT2D eigenvalue weighted by Gasteiger charge is 2.12. The molecule has 6 heteroatoms. The van der Waals surface area contributed by atoms with E-state index < -0.39 is 0 Å². The summed E-state index contributed by atoms with van der Waals surface area (Å²) in [5.74, 6) is 1.51. The van der Waals surface area contributed by atoms with Crippen molar-refractivity contribution in [1.29, 1.82) is 0 Å². The summed E-state index contributed by atoms with van der Waals surface area (Å²) in [4.78, 5) is 5.77. The molecule has 3 aromatic rings. The number of hydrazone groups is 1. The molecule has 0 aliphatic carbocycles. The number of aryl methyl sites for hydroxylation is 1. The average Bonchev–Trinajstić information content (AvgIpc) is 3.21. The van der Waals surface area contributed by atoms with Gasteiger partial charge in [-0.1, -0.05) is 30.3 Å². The van der Waals surface area contributed by atoms with E-state index in [9.17, 15) is 0 Å². The third-order valence-corrected chi connectivity index (χ3v) is 4.49. The standard InChI is InChI=1S/C18H15N3O2S/c1-12-17(14-5-3-2-4-6-14)20-18(24-12)21-19-10-13-7-8-15-16(9-13)23-11-22-15/h2-10H,11H2,1H3,(H,20,21)/b19-10+. The Morgan fingerprint density at radius 2 is 1.96 bits per heavy atom. The van der Waals surface area contributed by atoms with Crippen molar-refractivity contribution in [2.45, 2.75) is 6.92 Å². The number of aromatic nitrogens is 1. The van der Waals surface area contributed by atoms with Crippen molar-refractivity contribution in [2.24, 2.45) is 5.10 Å². The van der Waals surface area contributed by atoms with Gasteiger partial charge in [0.15, 0.2) is 11.5 Å². The van der Waals surface area contributed by atoms with E-state index >= 15 is 0 Å². The molecule has 2 heterocycles. The lowest BCUT2D eigenvalue weighted by molar-refractivity contribution is 0.174. The van der Waals surface area contributed by atoms with Crippen LogP contribution in [-0.2, 0) is 0 Å². The average molecular weight is 337 g/mol. The first kappa shape index (κ1) is 14.7. The van der Waals surface area contributed by atoms with Crippen LogP contribution in [0.2, 0.25) is 0 Å². The van der Waals surface area contributed by atoms with E-state index in [1.807, 2.05) is 36.4 Å². The lowest BCUT2D eigenvalue weighted by Gasteiger charge is -1.98. The van der Waals surface area contributed by atoms with Gasteiger partial charge < -0.3 is 9.47 Å². The highest BCUT2D eigenvalue weighted by Crippen LogP contribution is 2.32. The second-order valence-electron chi connectivity index (χ2n) is 5.27. The van der Waals surface area contributed by atoms with Crippen molar-refractivity contribution in [1.82, 2.24) is 4.98 Å². The maximum atomic E-state index is 5.36. The molecule has 24 heavy (non-hydrogen) atoms. The number of nitrogens with zero attached hydrogens (tertiary/aromatic N) is 2. The maximum Gasteiger partial charge on any atom is 0.231 e. The molecule has 0 atom stereocenters. The van der Waals surface area contributed by atoms with E-state index in [2.05, 4.69) is 34.6 Å². The van der Waals surface area contributed by atoms with Gasteiger partial charge >= 0.3 is 0 Å². The molecular formula is C18H15N3O2S. The van der Waals surface area contributed by atoms with Gasteiger partial charge in [0, 0.05) is 10.4 Å². The molecule has 0 unspecified atom stereocenters. The Kier molecular flexibility index (Phi) is 3.88. The van der Waals surface area contributed by atoms with Crippen LogP contribution in [0.3, 0.4) is 0 Å². The van der Waals surface area contributed by atoms with Crippen LogP contribution >= 0.6 is 11.3 Å². The molecule has 0 bridgehead atoms. The largest absolute Gasteiger partial charge is 0.454 e. The molecular weight excluding hydrogens is 322 g/mol. The summed E-state index contributed by atoms with van der Waals surface area (Å²) in [7, 11) is 0. The number of ether oxygens (including phenoxy) is 2. The molecule has 1 aromatic heterocycles. The van der Waals surface area contributed by atoms with E-state index in [1.54, 1.807) is 17.6 Å². The minimum atomic E-state index is 0.273. The summed E-state index contributed by atoms with van der Waals surface area (Å²) in [6.45, 7) is 2.33. The molecule has 0 radical (unpaired) electrons. The van der Waals surface area contributed by atoms with Crippen molar-refractivity contribution < 1.29 is 9.47 Å². The molecule has 120 valence electrons. The Hall–Kier alpha value is -2.86. The quantitative estimate of drug-likeness (QED) is 0.570. The van der Waals surface area contributed by atoms with Crippen molar-refractivity contribution in [3.63, 3.8) is 0 Å². The van der Waals surface area contributed by atoms with Gasteiger partial charge in [0.25, 0.3) is 0 Å². The minimum Gasteiger partial charge on any atom is -0.454 e. The molecule has 5 nitrogen and oxygen atoms in total. The predicted molar refractivity (Wildman–Crippen MR) is 96.1 cm³/mol. The summed E-state index contributed by atoms with van der Waals surface area (Å²) in [5.41, 5.74) is 6.03. The Balaban J connectivity index is 1.48. The lowest BCUT2D eigenvalue weighted by Crippen LogP contribution is -1.93. The van der Waals surface area contributed by atoms with Gasteiger partial charge in [-0.25, -0.2) is 4.98 Å². The van der Waals surface area contributed by atoms with Crippen LogP contribution in [0.5, 0.6) is 11.5 Å². The van der Waals surface area contributed by atoms with Gasteiger partial charge in [0.2, 0.25) is 11.9 Å². The van der Waals surface area contributed by atoms with E-state index in [1.165, 1.54) is 0 Å². The second kappa shape index (κ2) is 6.33. The zero-order valence-electron chi connectivity index (χ0n) is 13.0. The number of hydrogen-bond acceptors (Lipinski definition) is 6. The topological polar surface area (TPSA) is 55.7 Å². The monoisotopic (exact) mass is 337 g/mol. The number of thiazole rings is 1. The maximum absolute atomic E-state index is 5.36. The van der Waals surface area contributed by atoms with Crippen molar-refractivity contribution >= 4 is 22.7 Å². The number of benzene rings is 2. The summed E-state index contributed by atoms with van der Waals surface area (Å²) in [5, 5.41) is 5.03. The first-order chi connectivity index (χ1) is 11.8. The predicted octanol–water partition coefficient (Wildman–Crippen LogP) is 4.29. The number of rotatable bonds is 4. The van der Waals surface area contributed by atoms with Crippen LogP contribution in [0, 0.1) is 6.92 Å². The molecule has 1 aliphatic rings. The third kappa shape index (κ3) is 2.96. The fourth-order valence-corrected chi connectivity index (χ4v) is 3.25. The number of hydrogen-bond donors (Lipinski definition) is 1. The van der Waals surface area contributed by atoms with Gasteiger partial charge in [-0.05, 0) is 30.7 Å². The molecule has 1 N–H and O–H groups in total. The molecule has 4 rings (SSSR count). The van der Waals surface area contributed by atoms with Gasteiger partial charge in [-0.3, -0.25) is 5.43 Å². The first-order valence-electron chi connectivity index (χ1n) is 7.51. The van der Waals surface area contributed by atoms with Crippen LogP contribution in [0.25, 0.3) is 11.3 Å². The highest BCUT2D eigenvalue weighted by molar-refractivity contribution is 7.15. The summed E-state index contributed by atoms with van der Waals surface area (Å²) in [6, 6.07) is 15.9. The van der Waals surface area contributed by atoms with Crippen LogP contribution in [0.4, 0.5) is 5.13 Å². The Morgan fingerprint density at radius 3 is 2.83 bits per heavy atom. The van der Waals surface area contributed by atoms with Crippen LogP contribution in [0.1, 0.15) is 10.4 Å². The summed E-state index contributed by atoms with van der Waals surface area (Å²) < 4.78 is 10.7. The highest BCUT2D eigenvalue weighted by atomic mass is 32.1. The number of fused-ring (bicyclic) bond motifs is 1. The molecule has 0 saturated heterocycles. The van der Waals surface area contributed by atoms with Gasteiger partial charge in [-0.2, -0.15) is 5.10 Å². The summed E-state index contributed by atoms with van der Waals surface area (Å²) >= 11 is 1.58. The first-order valence-corrected chi connectivity index (χ1v) is 8.33. The molecule has 0 fully saturated rings. The van der Waals surface area contributed by atoms with Crippen LogP contribution in [-0.4, -0.2) is 18.0 Å². The fraction of sp³-hybridized carbons (Fsp3) is 0.111. The van der Waals surface area contributed by atoms with Gasteiger partial charge in [0.1, 0.15) is 0 Å². The van der Waals surface area contributed by atoms with Crippen molar-refractivity contribution in [3.8, 4) is 22.8 Å². The third-order valence-electron chi connectivity index (χ3n) is 3.61. The van der Waals surface area contributed by atoms with Gasteiger partial charge in [-0.15, -0.1) is 11.3 Å². The molecule has 2 aromatic carbocycles. The zero-order valence-corrected chi connectivity index (χ0v) is 13.8. The van der Waals surface area contributed by atoms with E-state index in [0.717, 1.165) is 38.3 Å².